The molecule has 4 nitrogen and oxygen atoms in total. The summed E-state index contributed by atoms with van der Waals surface area (Å²) in [6.07, 6.45) is 3.77. The first-order valence-corrected chi connectivity index (χ1v) is 6.87. The van der Waals surface area contributed by atoms with Crippen LogP contribution in [-0.2, 0) is 0 Å². The largest absolute Gasteiger partial charge is 0.491 e. The van der Waals surface area contributed by atoms with E-state index >= 15 is 0 Å². The van der Waals surface area contributed by atoms with Gasteiger partial charge < -0.3 is 14.7 Å². The molecule has 1 atom stereocenters. The lowest BCUT2D eigenvalue weighted by Gasteiger charge is -2.19. The summed E-state index contributed by atoms with van der Waals surface area (Å²) in [5.74, 6) is -0.174. The first-order valence-electron chi connectivity index (χ1n) is 6.87. The van der Waals surface area contributed by atoms with Gasteiger partial charge in [0.2, 0.25) is 0 Å². The quantitative estimate of drug-likeness (QED) is 0.857. The van der Waals surface area contributed by atoms with Crippen molar-refractivity contribution < 1.29 is 14.6 Å². The van der Waals surface area contributed by atoms with Gasteiger partial charge in [-0.25, -0.2) is 4.79 Å². The van der Waals surface area contributed by atoms with Gasteiger partial charge in [-0.15, -0.1) is 0 Å². The third-order valence-electron chi connectivity index (χ3n) is 3.49. The fraction of sp³-hybridized carbons (Fsp3) is 0.533. The Bertz CT molecular complexity index is 410. The highest BCUT2D eigenvalue weighted by Crippen LogP contribution is 2.16. The Hall–Kier alpha value is -1.55. The molecular weight excluding hydrogens is 242 g/mol. The number of aromatic carboxylic acids is 1. The topological polar surface area (TPSA) is 49.8 Å². The first kappa shape index (κ1) is 13.9. The number of hydrogen-bond donors (Lipinski definition) is 1. The van der Waals surface area contributed by atoms with Gasteiger partial charge in [-0.1, -0.05) is 0 Å². The van der Waals surface area contributed by atoms with Crippen LogP contribution in [0.1, 0.15) is 36.5 Å². The number of carboxylic acid groups (broad SMARTS) is 1. The maximum Gasteiger partial charge on any atom is 0.335 e. The van der Waals surface area contributed by atoms with Crippen LogP contribution < -0.4 is 4.74 Å². The van der Waals surface area contributed by atoms with Gasteiger partial charge in [0.25, 0.3) is 0 Å². The Morgan fingerprint density at radius 3 is 2.53 bits per heavy atom. The number of hydrogen-bond acceptors (Lipinski definition) is 3. The Morgan fingerprint density at radius 2 is 1.95 bits per heavy atom. The van der Waals surface area contributed by atoms with E-state index in [1.54, 1.807) is 24.3 Å². The molecule has 0 aliphatic carbocycles. The molecule has 19 heavy (non-hydrogen) atoms. The van der Waals surface area contributed by atoms with Gasteiger partial charge in [0, 0.05) is 6.54 Å². The highest BCUT2D eigenvalue weighted by Gasteiger charge is 2.13. The van der Waals surface area contributed by atoms with E-state index < -0.39 is 5.97 Å². The van der Waals surface area contributed by atoms with Crippen LogP contribution in [0.25, 0.3) is 0 Å². The number of likely N-dealkylation sites (tertiary alicyclic amines) is 1. The minimum absolute atomic E-state index is 0.149. The van der Waals surface area contributed by atoms with Gasteiger partial charge in [-0.05, 0) is 63.5 Å². The summed E-state index contributed by atoms with van der Waals surface area (Å²) in [5.41, 5.74) is 0.289. The Kier molecular flexibility index (Phi) is 4.80. The minimum atomic E-state index is -0.909. The van der Waals surface area contributed by atoms with Crippen molar-refractivity contribution in [3.8, 4) is 5.75 Å². The van der Waals surface area contributed by atoms with Gasteiger partial charge in [0.15, 0.2) is 0 Å². The van der Waals surface area contributed by atoms with Crippen LogP contribution in [-0.4, -0.2) is 41.7 Å². The lowest BCUT2D eigenvalue weighted by Crippen LogP contribution is -2.25. The van der Waals surface area contributed by atoms with E-state index in [0.717, 1.165) is 18.7 Å². The van der Waals surface area contributed by atoms with Gasteiger partial charge in [-0.2, -0.15) is 0 Å². The van der Waals surface area contributed by atoms with Crippen LogP contribution in [0.2, 0.25) is 0 Å². The molecular formula is C15H21NO3. The molecule has 0 amide bonds. The van der Waals surface area contributed by atoms with Crippen molar-refractivity contribution in [1.29, 1.82) is 0 Å². The number of carboxylic acids is 1. The molecule has 2 rings (SSSR count). The standard InChI is InChI=1S/C15H21NO3/c1-12(8-11-16-9-2-3-10-16)19-14-6-4-13(5-7-14)15(17)18/h4-7,12H,2-3,8-11H2,1H3,(H,17,18). The smallest absolute Gasteiger partial charge is 0.335 e. The monoisotopic (exact) mass is 263 g/mol. The Labute approximate surface area is 114 Å². The Morgan fingerprint density at radius 1 is 1.32 bits per heavy atom. The molecule has 1 aliphatic rings. The SMILES string of the molecule is CC(CCN1CCCC1)Oc1ccc(C(=O)O)cc1. The van der Waals surface area contributed by atoms with Crippen LogP contribution in [0, 0.1) is 0 Å². The van der Waals surface area contributed by atoms with Crippen molar-refractivity contribution in [3.05, 3.63) is 29.8 Å². The molecule has 1 heterocycles. The van der Waals surface area contributed by atoms with E-state index in [1.807, 2.05) is 0 Å². The molecule has 1 aromatic carbocycles. The lowest BCUT2D eigenvalue weighted by molar-refractivity contribution is 0.0697. The highest BCUT2D eigenvalue weighted by molar-refractivity contribution is 5.87. The summed E-state index contributed by atoms with van der Waals surface area (Å²) in [5, 5.41) is 8.82. The molecule has 0 spiro atoms. The van der Waals surface area contributed by atoms with E-state index in [-0.39, 0.29) is 11.7 Å². The molecule has 1 fully saturated rings. The fourth-order valence-electron chi connectivity index (χ4n) is 2.34. The second-order valence-electron chi connectivity index (χ2n) is 5.10. The zero-order valence-electron chi connectivity index (χ0n) is 11.3. The third kappa shape index (κ3) is 4.24. The van der Waals surface area contributed by atoms with Crippen LogP contribution in [0.4, 0.5) is 0 Å². The molecule has 0 radical (unpaired) electrons. The normalized spacial score (nSPS) is 17.3. The second-order valence-corrected chi connectivity index (χ2v) is 5.10. The first-order chi connectivity index (χ1) is 9.15. The van der Waals surface area contributed by atoms with Crippen molar-refractivity contribution in [3.63, 3.8) is 0 Å². The van der Waals surface area contributed by atoms with E-state index in [4.69, 9.17) is 9.84 Å². The molecule has 0 bridgehead atoms. The van der Waals surface area contributed by atoms with Crippen LogP contribution in [0.5, 0.6) is 5.75 Å². The minimum Gasteiger partial charge on any atom is -0.491 e. The molecule has 104 valence electrons. The number of ether oxygens (including phenoxy) is 1. The van der Waals surface area contributed by atoms with Crippen molar-refractivity contribution in [2.75, 3.05) is 19.6 Å². The van der Waals surface area contributed by atoms with Crippen molar-refractivity contribution >= 4 is 5.97 Å². The van der Waals surface area contributed by atoms with Crippen molar-refractivity contribution in [1.82, 2.24) is 4.90 Å². The predicted molar refractivity (Wildman–Crippen MR) is 73.8 cm³/mol. The van der Waals surface area contributed by atoms with Crippen molar-refractivity contribution in [2.24, 2.45) is 0 Å². The second kappa shape index (κ2) is 6.57. The van der Waals surface area contributed by atoms with E-state index in [0.29, 0.717) is 0 Å². The van der Waals surface area contributed by atoms with Gasteiger partial charge >= 0.3 is 5.97 Å². The molecule has 1 unspecified atom stereocenters. The fourth-order valence-corrected chi connectivity index (χ4v) is 2.34. The lowest BCUT2D eigenvalue weighted by atomic mass is 10.2. The highest BCUT2D eigenvalue weighted by atomic mass is 16.5. The average molecular weight is 263 g/mol. The van der Waals surface area contributed by atoms with Gasteiger partial charge in [-0.3, -0.25) is 0 Å². The van der Waals surface area contributed by atoms with E-state index in [2.05, 4.69) is 11.8 Å². The predicted octanol–water partition coefficient (Wildman–Crippen LogP) is 2.64. The van der Waals surface area contributed by atoms with Crippen LogP contribution in [0.3, 0.4) is 0 Å². The Balaban J connectivity index is 1.77. The average Bonchev–Trinajstić information content (AvgIpc) is 2.90. The zero-order valence-corrected chi connectivity index (χ0v) is 11.3. The number of nitrogens with zero attached hydrogens (tertiary/aromatic N) is 1. The summed E-state index contributed by atoms with van der Waals surface area (Å²) >= 11 is 0. The third-order valence-corrected chi connectivity index (χ3v) is 3.49. The molecule has 1 N–H and O–H groups in total. The molecule has 0 aromatic heterocycles. The zero-order chi connectivity index (χ0) is 13.7. The molecule has 1 saturated heterocycles. The molecule has 1 aliphatic heterocycles. The van der Waals surface area contributed by atoms with Crippen LogP contribution in [0.15, 0.2) is 24.3 Å². The summed E-state index contributed by atoms with van der Waals surface area (Å²) in [7, 11) is 0. The molecule has 1 aromatic rings. The maximum absolute atomic E-state index is 10.7. The van der Waals surface area contributed by atoms with Gasteiger partial charge in [0.05, 0.1) is 11.7 Å². The van der Waals surface area contributed by atoms with Crippen LogP contribution >= 0.6 is 0 Å². The number of benzene rings is 1. The number of rotatable bonds is 6. The number of carbonyl (C=O) groups is 1. The van der Waals surface area contributed by atoms with Gasteiger partial charge in [0.1, 0.15) is 5.75 Å². The summed E-state index contributed by atoms with van der Waals surface area (Å²) < 4.78 is 5.79. The van der Waals surface area contributed by atoms with E-state index in [1.165, 1.54) is 25.9 Å². The summed E-state index contributed by atoms with van der Waals surface area (Å²) in [6.45, 7) is 5.55. The molecule has 0 saturated carbocycles. The van der Waals surface area contributed by atoms with E-state index in [9.17, 15) is 4.79 Å². The molecule has 4 heteroatoms. The van der Waals surface area contributed by atoms with Crippen molar-refractivity contribution in [2.45, 2.75) is 32.3 Å². The summed E-state index contributed by atoms with van der Waals surface area (Å²) in [4.78, 5) is 13.2. The summed E-state index contributed by atoms with van der Waals surface area (Å²) in [6, 6.07) is 6.58. The maximum atomic E-state index is 10.7.